The van der Waals surface area contributed by atoms with Gasteiger partial charge in [0.05, 0.1) is 13.2 Å². The zero-order valence-electron chi connectivity index (χ0n) is 15.6. The van der Waals surface area contributed by atoms with Crippen molar-refractivity contribution in [3.8, 4) is 11.5 Å². The summed E-state index contributed by atoms with van der Waals surface area (Å²) in [5.74, 6) is 1.78. The molecule has 0 saturated carbocycles. The molecule has 0 aliphatic rings. The van der Waals surface area contributed by atoms with E-state index in [1.165, 1.54) is 0 Å². The summed E-state index contributed by atoms with van der Waals surface area (Å²) in [6, 6.07) is 13.4. The Morgan fingerprint density at radius 2 is 1.76 bits per heavy atom. The number of carbonyl (C=O) groups excluding carboxylic acids is 1. The predicted octanol–water partition coefficient (Wildman–Crippen LogP) is 4.38. The largest absolute Gasteiger partial charge is 0.496 e. The van der Waals surface area contributed by atoms with Crippen LogP contribution in [0.3, 0.4) is 0 Å². The average molecular weight is 341 g/mol. The van der Waals surface area contributed by atoms with Gasteiger partial charge < -0.3 is 14.8 Å². The van der Waals surface area contributed by atoms with Crippen LogP contribution in [0.25, 0.3) is 0 Å². The average Bonchev–Trinajstić information content (AvgIpc) is 2.60. The summed E-state index contributed by atoms with van der Waals surface area (Å²) >= 11 is 0. The summed E-state index contributed by atoms with van der Waals surface area (Å²) in [4.78, 5) is 12.2. The van der Waals surface area contributed by atoms with Gasteiger partial charge in [-0.1, -0.05) is 32.0 Å². The predicted molar refractivity (Wildman–Crippen MR) is 100 cm³/mol. The molecule has 0 aliphatic heterocycles. The Kier molecular flexibility index (Phi) is 6.45. The fourth-order valence-electron chi connectivity index (χ4n) is 2.84. The monoisotopic (exact) mass is 341 g/mol. The van der Waals surface area contributed by atoms with E-state index in [-0.39, 0.29) is 18.6 Å². The molecule has 0 aliphatic carbocycles. The van der Waals surface area contributed by atoms with Crippen LogP contribution in [-0.4, -0.2) is 19.6 Å². The van der Waals surface area contributed by atoms with E-state index in [0.717, 1.165) is 22.4 Å². The molecule has 25 heavy (non-hydrogen) atoms. The van der Waals surface area contributed by atoms with E-state index >= 15 is 0 Å². The minimum Gasteiger partial charge on any atom is -0.496 e. The number of carbonyl (C=O) groups is 1. The second-order valence-corrected chi connectivity index (χ2v) is 6.50. The SMILES string of the molecule is COc1cc(C)c(C(C)NC(=O)COc2ccccc2)cc1C(C)C. The second kappa shape index (κ2) is 8.56. The van der Waals surface area contributed by atoms with Crippen molar-refractivity contribution in [2.45, 2.75) is 39.7 Å². The van der Waals surface area contributed by atoms with Crippen LogP contribution in [0.1, 0.15) is 49.4 Å². The zero-order valence-corrected chi connectivity index (χ0v) is 15.6. The number of aryl methyl sites for hydroxylation is 1. The van der Waals surface area contributed by atoms with Crippen LogP contribution in [0.5, 0.6) is 11.5 Å². The number of benzene rings is 2. The molecule has 1 amide bonds. The van der Waals surface area contributed by atoms with E-state index in [2.05, 4.69) is 25.2 Å². The Labute approximate surface area is 150 Å². The molecule has 0 bridgehead atoms. The highest BCUT2D eigenvalue weighted by Crippen LogP contribution is 2.32. The second-order valence-electron chi connectivity index (χ2n) is 6.50. The molecule has 1 N–H and O–H groups in total. The van der Waals surface area contributed by atoms with Gasteiger partial charge in [-0.2, -0.15) is 0 Å². The Bertz CT molecular complexity index is 711. The number of para-hydroxylation sites is 1. The maximum absolute atomic E-state index is 12.2. The van der Waals surface area contributed by atoms with E-state index < -0.39 is 0 Å². The molecule has 2 aromatic rings. The molecule has 1 unspecified atom stereocenters. The van der Waals surface area contributed by atoms with Gasteiger partial charge in [0.15, 0.2) is 6.61 Å². The first-order chi connectivity index (χ1) is 11.9. The molecule has 0 aromatic heterocycles. The van der Waals surface area contributed by atoms with Crippen LogP contribution in [0.15, 0.2) is 42.5 Å². The lowest BCUT2D eigenvalue weighted by Gasteiger charge is -2.21. The van der Waals surface area contributed by atoms with Crippen molar-refractivity contribution in [1.29, 1.82) is 0 Å². The Balaban J connectivity index is 2.05. The van der Waals surface area contributed by atoms with Gasteiger partial charge in [0.25, 0.3) is 5.91 Å². The first-order valence-electron chi connectivity index (χ1n) is 8.58. The first kappa shape index (κ1) is 18.8. The van der Waals surface area contributed by atoms with Crippen molar-refractivity contribution in [3.63, 3.8) is 0 Å². The van der Waals surface area contributed by atoms with E-state index in [9.17, 15) is 4.79 Å². The standard InChI is InChI=1S/C21H27NO3/c1-14(2)18-12-19(15(3)11-20(18)24-5)16(4)22-21(23)13-25-17-9-7-6-8-10-17/h6-12,14,16H,13H2,1-5H3,(H,22,23). The van der Waals surface area contributed by atoms with Crippen molar-refractivity contribution >= 4 is 5.91 Å². The third-order valence-electron chi connectivity index (χ3n) is 4.20. The third kappa shape index (κ3) is 4.99. The van der Waals surface area contributed by atoms with E-state index in [4.69, 9.17) is 9.47 Å². The van der Waals surface area contributed by atoms with E-state index in [0.29, 0.717) is 11.7 Å². The van der Waals surface area contributed by atoms with E-state index in [1.54, 1.807) is 7.11 Å². The lowest BCUT2D eigenvalue weighted by molar-refractivity contribution is -0.123. The molecule has 4 heteroatoms. The van der Waals surface area contributed by atoms with Crippen LogP contribution in [0, 0.1) is 6.92 Å². The molecule has 2 rings (SSSR count). The smallest absolute Gasteiger partial charge is 0.258 e. The highest BCUT2D eigenvalue weighted by atomic mass is 16.5. The molecular formula is C21H27NO3. The normalized spacial score (nSPS) is 11.9. The maximum Gasteiger partial charge on any atom is 0.258 e. The molecule has 1 atom stereocenters. The summed E-state index contributed by atoms with van der Waals surface area (Å²) in [5.41, 5.74) is 3.33. The number of ether oxygens (including phenoxy) is 2. The Morgan fingerprint density at radius 1 is 1.08 bits per heavy atom. The van der Waals surface area contributed by atoms with Crippen molar-refractivity contribution in [2.24, 2.45) is 0 Å². The molecule has 0 heterocycles. The van der Waals surface area contributed by atoms with Crippen LogP contribution < -0.4 is 14.8 Å². The fraction of sp³-hybridized carbons (Fsp3) is 0.381. The molecule has 2 aromatic carbocycles. The molecule has 4 nitrogen and oxygen atoms in total. The summed E-state index contributed by atoms with van der Waals surface area (Å²) in [6.45, 7) is 8.28. The van der Waals surface area contributed by atoms with E-state index in [1.807, 2.05) is 50.2 Å². The van der Waals surface area contributed by atoms with Gasteiger partial charge in [-0.3, -0.25) is 4.79 Å². The van der Waals surface area contributed by atoms with Crippen molar-refractivity contribution in [1.82, 2.24) is 5.32 Å². The van der Waals surface area contributed by atoms with Gasteiger partial charge in [-0.25, -0.2) is 0 Å². The summed E-state index contributed by atoms with van der Waals surface area (Å²) in [5, 5.41) is 3.01. The number of rotatable bonds is 7. The Hall–Kier alpha value is -2.49. The van der Waals surface area contributed by atoms with Gasteiger partial charge in [0.1, 0.15) is 11.5 Å². The number of hydrogen-bond acceptors (Lipinski definition) is 3. The number of hydrogen-bond donors (Lipinski definition) is 1. The maximum atomic E-state index is 12.2. The van der Waals surface area contributed by atoms with Gasteiger partial charge in [0.2, 0.25) is 0 Å². The third-order valence-corrected chi connectivity index (χ3v) is 4.20. The molecule has 0 fully saturated rings. The molecule has 134 valence electrons. The first-order valence-corrected chi connectivity index (χ1v) is 8.58. The lowest BCUT2D eigenvalue weighted by Crippen LogP contribution is -2.31. The summed E-state index contributed by atoms with van der Waals surface area (Å²) in [6.07, 6.45) is 0. The van der Waals surface area contributed by atoms with Gasteiger partial charge >= 0.3 is 0 Å². The highest BCUT2D eigenvalue weighted by Gasteiger charge is 2.17. The van der Waals surface area contributed by atoms with Crippen LogP contribution in [-0.2, 0) is 4.79 Å². The molecule has 0 radical (unpaired) electrons. The zero-order chi connectivity index (χ0) is 18.4. The van der Waals surface area contributed by atoms with Crippen molar-refractivity contribution < 1.29 is 14.3 Å². The van der Waals surface area contributed by atoms with Crippen LogP contribution in [0.2, 0.25) is 0 Å². The minimum absolute atomic E-state index is 0.000589. The number of nitrogens with one attached hydrogen (secondary N) is 1. The number of methoxy groups -OCH3 is 1. The Morgan fingerprint density at radius 3 is 2.36 bits per heavy atom. The van der Waals surface area contributed by atoms with Crippen molar-refractivity contribution in [3.05, 3.63) is 59.2 Å². The molecule has 0 saturated heterocycles. The van der Waals surface area contributed by atoms with Gasteiger partial charge in [-0.05, 0) is 60.7 Å². The quantitative estimate of drug-likeness (QED) is 0.813. The summed E-state index contributed by atoms with van der Waals surface area (Å²) in [7, 11) is 1.69. The fourth-order valence-corrected chi connectivity index (χ4v) is 2.84. The lowest BCUT2D eigenvalue weighted by atomic mass is 9.93. The summed E-state index contributed by atoms with van der Waals surface area (Å²) < 4.78 is 11.0. The van der Waals surface area contributed by atoms with Gasteiger partial charge in [-0.15, -0.1) is 0 Å². The highest BCUT2D eigenvalue weighted by molar-refractivity contribution is 5.78. The minimum atomic E-state index is -0.141. The topological polar surface area (TPSA) is 47.6 Å². The van der Waals surface area contributed by atoms with Crippen LogP contribution >= 0.6 is 0 Å². The van der Waals surface area contributed by atoms with Gasteiger partial charge in [0, 0.05) is 0 Å². The van der Waals surface area contributed by atoms with Crippen LogP contribution in [0.4, 0.5) is 0 Å². The van der Waals surface area contributed by atoms with Crippen molar-refractivity contribution in [2.75, 3.05) is 13.7 Å². The molecular weight excluding hydrogens is 314 g/mol. The molecule has 0 spiro atoms. The number of amides is 1.